The molecule has 2 aromatic rings. The molecule has 2 aromatic carbocycles. The SMILES string of the molecule is Nc1ccc2c(c1)CCCC(C1CCOCC1)=C2c1ccc(OC2CCN(CCCF)C2)cc1. The predicted octanol–water partition coefficient (Wildman–Crippen LogP) is 5.65. The molecule has 0 spiro atoms. The van der Waals surface area contributed by atoms with Crippen LogP contribution in [0.2, 0.25) is 0 Å². The number of benzene rings is 2. The fraction of sp³-hybridized carbons (Fsp3) is 0.517. The van der Waals surface area contributed by atoms with Gasteiger partial charge in [-0.3, -0.25) is 9.29 Å². The number of alkyl halides is 1. The van der Waals surface area contributed by atoms with Gasteiger partial charge in [-0.2, -0.15) is 0 Å². The molecule has 2 heterocycles. The summed E-state index contributed by atoms with van der Waals surface area (Å²) in [4.78, 5) is 2.30. The molecule has 1 unspecified atom stereocenters. The van der Waals surface area contributed by atoms with Gasteiger partial charge in [0.05, 0.1) is 6.67 Å². The van der Waals surface area contributed by atoms with Crippen LogP contribution in [0.5, 0.6) is 5.75 Å². The van der Waals surface area contributed by atoms with Crippen LogP contribution in [0.4, 0.5) is 10.1 Å². The van der Waals surface area contributed by atoms with Crippen LogP contribution in [0.25, 0.3) is 5.57 Å². The highest BCUT2D eigenvalue weighted by Gasteiger charge is 2.27. The van der Waals surface area contributed by atoms with Gasteiger partial charge < -0.3 is 15.2 Å². The van der Waals surface area contributed by atoms with Crippen LogP contribution in [0.1, 0.15) is 55.2 Å². The van der Waals surface area contributed by atoms with Gasteiger partial charge in [-0.25, -0.2) is 0 Å². The molecule has 1 atom stereocenters. The van der Waals surface area contributed by atoms with Gasteiger partial charge in [-0.05, 0) is 97.4 Å². The summed E-state index contributed by atoms with van der Waals surface area (Å²) in [6.45, 7) is 4.16. The molecule has 0 radical (unpaired) electrons. The van der Waals surface area contributed by atoms with E-state index in [2.05, 4.69) is 41.3 Å². The second-order valence-corrected chi connectivity index (χ2v) is 9.95. The summed E-state index contributed by atoms with van der Waals surface area (Å²) in [6, 6.07) is 15.1. The maximum atomic E-state index is 12.5. The van der Waals surface area contributed by atoms with Crippen molar-refractivity contribution in [3.8, 4) is 5.75 Å². The van der Waals surface area contributed by atoms with E-state index in [1.54, 1.807) is 5.57 Å². The van der Waals surface area contributed by atoms with E-state index < -0.39 is 0 Å². The summed E-state index contributed by atoms with van der Waals surface area (Å²) in [5.41, 5.74) is 13.9. The van der Waals surface area contributed by atoms with Crippen LogP contribution in [0.3, 0.4) is 0 Å². The van der Waals surface area contributed by atoms with Crippen LogP contribution >= 0.6 is 0 Å². The first kappa shape index (κ1) is 23.4. The average molecular weight is 465 g/mol. The molecule has 2 aliphatic heterocycles. The number of ether oxygens (including phenoxy) is 2. The van der Waals surface area contributed by atoms with E-state index in [1.165, 1.54) is 22.3 Å². The zero-order valence-corrected chi connectivity index (χ0v) is 20.1. The largest absolute Gasteiger partial charge is 0.489 e. The molecule has 0 aromatic heterocycles. The highest BCUT2D eigenvalue weighted by atomic mass is 19.1. The average Bonchev–Trinajstić information content (AvgIpc) is 3.22. The molecule has 0 amide bonds. The van der Waals surface area contributed by atoms with Crippen molar-refractivity contribution in [2.24, 2.45) is 5.92 Å². The summed E-state index contributed by atoms with van der Waals surface area (Å²) in [5.74, 6) is 1.50. The fourth-order valence-electron chi connectivity index (χ4n) is 5.90. The Balaban J connectivity index is 1.41. The molecule has 0 saturated carbocycles. The number of rotatable bonds is 7. The number of aryl methyl sites for hydroxylation is 1. The van der Waals surface area contributed by atoms with Gasteiger partial charge in [0.2, 0.25) is 0 Å². The summed E-state index contributed by atoms with van der Waals surface area (Å²) in [7, 11) is 0. The van der Waals surface area contributed by atoms with E-state index >= 15 is 0 Å². The van der Waals surface area contributed by atoms with Crippen molar-refractivity contribution in [1.82, 2.24) is 4.90 Å². The number of nitrogens with two attached hydrogens (primary N) is 1. The van der Waals surface area contributed by atoms with E-state index in [1.807, 2.05) is 6.07 Å². The summed E-state index contributed by atoms with van der Waals surface area (Å²) in [6.07, 6.45) is 7.36. The van der Waals surface area contributed by atoms with E-state index in [0.717, 1.165) is 82.8 Å². The van der Waals surface area contributed by atoms with Crippen molar-refractivity contribution >= 4 is 11.3 Å². The topological polar surface area (TPSA) is 47.7 Å². The minimum absolute atomic E-state index is 0.184. The number of hydrogen-bond acceptors (Lipinski definition) is 4. The van der Waals surface area contributed by atoms with Gasteiger partial charge in [0.1, 0.15) is 11.9 Å². The first-order valence-electron chi connectivity index (χ1n) is 13.0. The first-order chi connectivity index (χ1) is 16.7. The van der Waals surface area contributed by atoms with Gasteiger partial charge in [0.25, 0.3) is 0 Å². The third kappa shape index (κ3) is 5.31. The molecule has 4 nitrogen and oxygen atoms in total. The van der Waals surface area contributed by atoms with Gasteiger partial charge in [-0.1, -0.05) is 23.8 Å². The van der Waals surface area contributed by atoms with Gasteiger partial charge in [-0.15, -0.1) is 0 Å². The smallest absolute Gasteiger partial charge is 0.119 e. The van der Waals surface area contributed by atoms with E-state index in [4.69, 9.17) is 15.2 Å². The van der Waals surface area contributed by atoms with Crippen LogP contribution in [-0.4, -0.2) is 50.5 Å². The second kappa shape index (κ2) is 10.9. The predicted molar refractivity (Wildman–Crippen MR) is 136 cm³/mol. The fourth-order valence-corrected chi connectivity index (χ4v) is 5.90. The standard InChI is InChI=1S/C29H37FN2O2/c30-14-2-15-32-16-11-26(20-32)34-25-8-5-22(6-9-25)29-27(21-12-17-33-18-13-21)4-1-3-23-19-24(31)7-10-28(23)29/h5-10,19,21,26H,1-4,11-18,20,31H2. The van der Waals surface area contributed by atoms with Crippen LogP contribution in [0.15, 0.2) is 48.0 Å². The van der Waals surface area contributed by atoms with Gasteiger partial charge in [0.15, 0.2) is 0 Å². The van der Waals surface area contributed by atoms with Crippen molar-refractivity contribution in [2.45, 2.75) is 51.0 Å². The van der Waals surface area contributed by atoms with E-state index in [0.29, 0.717) is 12.3 Å². The Bertz CT molecular complexity index is 998. The Morgan fingerprint density at radius 3 is 2.65 bits per heavy atom. The number of likely N-dealkylation sites (tertiary alicyclic amines) is 1. The monoisotopic (exact) mass is 464 g/mol. The van der Waals surface area contributed by atoms with E-state index in [-0.39, 0.29) is 12.8 Å². The highest BCUT2D eigenvalue weighted by molar-refractivity contribution is 5.85. The molecule has 5 heteroatoms. The maximum Gasteiger partial charge on any atom is 0.119 e. The molecule has 5 rings (SSSR count). The third-order valence-corrected chi connectivity index (χ3v) is 7.61. The lowest BCUT2D eigenvalue weighted by atomic mass is 9.81. The highest BCUT2D eigenvalue weighted by Crippen LogP contribution is 2.41. The summed E-state index contributed by atoms with van der Waals surface area (Å²) >= 11 is 0. The Morgan fingerprint density at radius 1 is 1.03 bits per heavy atom. The lowest BCUT2D eigenvalue weighted by molar-refractivity contribution is 0.0751. The molecule has 3 aliphatic rings. The lowest BCUT2D eigenvalue weighted by Gasteiger charge is -2.27. The quantitative estimate of drug-likeness (QED) is 0.538. The lowest BCUT2D eigenvalue weighted by Crippen LogP contribution is -2.26. The summed E-state index contributed by atoms with van der Waals surface area (Å²) < 4.78 is 24.5. The molecule has 2 saturated heterocycles. The normalized spacial score (nSPS) is 22.0. The van der Waals surface area contributed by atoms with Crippen molar-refractivity contribution in [1.29, 1.82) is 0 Å². The van der Waals surface area contributed by atoms with Crippen LogP contribution < -0.4 is 10.5 Å². The minimum atomic E-state index is -0.245. The Labute approximate surface area is 202 Å². The molecule has 1 aliphatic carbocycles. The van der Waals surface area contributed by atoms with Gasteiger partial charge >= 0.3 is 0 Å². The first-order valence-corrected chi connectivity index (χ1v) is 13.0. The number of anilines is 1. The van der Waals surface area contributed by atoms with Crippen molar-refractivity contribution in [3.63, 3.8) is 0 Å². The Morgan fingerprint density at radius 2 is 1.85 bits per heavy atom. The molecule has 2 fully saturated rings. The Kier molecular flexibility index (Phi) is 7.51. The third-order valence-electron chi connectivity index (χ3n) is 7.61. The number of allylic oxidation sites excluding steroid dienone is 1. The molecule has 2 N–H and O–H groups in total. The minimum Gasteiger partial charge on any atom is -0.489 e. The Hall–Kier alpha value is -2.37. The number of hydrogen-bond donors (Lipinski definition) is 1. The summed E-state index contributed by atoms with van der Waals surface area (Å²) in [5, 5.41) is 0. The maximum absolute atomic E-state index is 12.5. The number of fused-ring (bicyclic) bond motifs is 1. The molecule has 34 heavy (non-hydrogen) atoms. The molecular formula is C29H37FN2O2. The molecular weight excluding hydrogens is 427 g/mol. The number of nitrogen functional groups attached to an aromatic ring is 1. The molecule has 182 valence electrons. The number of nitrogens with zero attached hydrogens (tertiary/aromatic N) is 1. The molecule has 0 bridgehead atoms. The number of halogens is 1. The van der Waals surface area contributed by atoms with Crippen molar-refractivity contribution in [2.75, 3.05) is 45.3 Å². The van der Waals surface area contributed by atoms with Crippen molar-refractivity contribution in [3.05, 3.63) is 64.7 Å². The second-order valence-electron chi connectivity index (χ2n) is 9.95. The van der Waals surface area contributed by atoms with Crippen LogP contribution in [0, 0.1) is 5.92 Å². The zero-order chi connectivity index (χ0) is 23.3. The van der Waals surface area contributed by atoms with Crippen LogP contribution in [-0.2, 0) is 11.2 Å². The zero-order valence-electron chi connectivity index (χ0n) is 20.1. The van der Waals surface area contributed by atoms with E-state index in [9.17, 15) is 4.39 Å². The van der Waals surface area contributed by atoms with Gasteiger partial charge in [0, 0.05) is 38.5 Å². The van der Waals surface area contributed by atoms with Crippen molar-refractivity contribution < 1.29 is 13.9 Å².